The van der Waals surface area contributed by atoms with Crippen molar-refractivity contribution in [3.63, 3.8) is 0 Å². The summed E-state index contributed by atoms with van der Waals surface area (Å²) in [5.41, 5.74) is 4.11. The minimum atomic E-state index is -4.54. The zero-order valence-corrected chi connectivity index (χ0v) is 20.2. The maximum absolute atomic E-state index is 12.8. The van der Waals surface area contributed by atoms with E-state index in [0.717, 1.165) is 16.6 Å². The van der Waals surface area contributed by atoms with E-state index < -0.39 is 36.1 Å². The van der Waals surface area contributed by atoms with Gasteiger partial charge in [0.15, 0.2) is 18.1 Å². The Kier molecular flexibility index (Phi) is 8.54. The van der Waals surface area contributed by atoms with Gasteiger partial charge in [0.05, 0.1) is 12.7 Å². The lowest BCUT2D eigenvalue weighted by atomic mass is 10.2. The number of alkyl halides is 3. The van der Waals surface area contributed by atoms with Crippen LogP contribution in [-0.4, -0.2) is 31.4 Å². The molecule has 3 aromatic rings. The summed E-state index contributed by atoms with van der Waals surface area (Å²) < 4.78 is 49.9. The second-order valence-corrected chi connectivity index (χ2v) is 8.11. The summed E-state index contributed by atoms with van der Waals surface area (Å²) in [6.45, 7) is -0.526. The van der Waals surface area contributed by atoms with E-state index in [1.54, 1.807) is 24.3 Å². The smallest absolute Gasteiger partial charge is 0.416 e. The van der Waals surface area contributed by atoms with Crippen LogP contribution in [0.2, 0.25) is 0 Å². The summed E-state index contributed by atoms with van der Waals surface area (Å²) in [7, 11) is 1.32. The minimum Gasteiger partial charge on any atom is -0.493 e. The van der Waals surface area contributed by atoms with Crippen LogP contribution >= 0.6 is 15.9 Å². The molecular formula is C24H19BrF3N3O5. The summed E-state index contributed by atoms with van der Waals surface area (Å²) in [5, 5.41) is 2.32. The van der Waals surface area contributed by atoms with Gasteiger partial charge in [0, 0.05) is 21.3 Å². The average Bonchev–Trinajstić information content (AvgIpc) is 2.85. The SMILES string of the molecule is COc1cc(C(=O)NNC(=O)c2ccc(Br)cc2)ccc1OCC(=O)Nc1cccc(C(F)(F)F)c1. The molecule has 3 aromatic carbocycles. The first-order chi connectivity index (χ1) is 17.1. The number of hydrogen-bond acceptors (Lipinski definition) is 5. The molecule has 12 heteroatoms. The van der Waals surface area contributed by atoms with Crippen LogP contribution in [0.4, 0.5) is 18.9 Å². The monoisotopic (exact) mass is 565 g/mol. The number of methoxy groups -OCH3 is 1. The van der Waals surface area contributed by atoms with Crippen molar-refractivity contribution >= 4 is 39.3 Å². The van der Waals surface area contributed by atoms with Gasteiger partial charge in [-0.05, 0) is 60.7 Å². The van der Waals surface area contributed by atoms with Crippen molar-refractivity contribution in [2.45, 2.75) is 6.18 Å². The molecule has 0 aromatic heterocycles. The number of hydrogen-bond donors (Lipinski definition) is 3. The van der Waals surface area contributed by atoms with Crippen LogP contribution in [0.25, 0.3) is 0 Å². The Hall–Kier alpha value is -4.06. The third kappa shape index (κ3) is 7.22. The molecule has 0 saturated heterocycles. The van der Waals surface area contributed by atoms with Gasteiger partial charge in [0.2, 0.25) is 0 Å². The van der Waals surface area contributed by atoms with E-state index >= 15 is 0 Å². The second-order valence-electron chi connectivity index (χ2n) is 7.20. The highest BCUT2D eigenvalue weighted by atomic mass is 79.9. The van der Waals surface area contributed by atoms with Crippen molar-refractivity contribution in [3.05, 3.63) is 87.9 Å². The lowest BCUT2D eigenvalue weighted by Crippen LogP contribution is -2.41. The molecule has 0 aliphatic carbocycles. The largest absolute Gasteiger partial charge is 0.493 e. The maximum Gasteiger partial charge on any atom is 0.416 e. The Morgan fingerprint density at radius 2 is 1.50 bits per heavy atom. The van der Waals surface area contributed by atoms with Gasteiger partial charge in [0.1, 0.15) is 0 Å². The van der Waals surface area contributed by atoms with Gasteiger partial charge < -0.3 is 14.8 Å². The van der Waals surface area contributed by atoms with Crippen molar-refractivity contribution < 1.29 is 37.0 Å². The van der Waals surface area contributed by atoms with Gasteiger partial charge in [0.25, 0.3) is 17.7 Å². The van der Waals surface area contributed by atoms with E-state index in [9.17, 15) is 27.6 Å². The summed E-state index contributed by atoms with van der Waals surface area (Å²) in [5.74, 6) is -1.61. The van der Waals surface area contributed by atoms with Crippen LogP contribution in [0.5, 0.6) is 11.5 Å². The Bertz CT molecular complexity index is 1270. The molecule has 188 valence electrons. The van der Waals surface area contributed by atoms with Crippen molar-refractivity contribution in [3.8, 4) is 11.5 Å². The number of amides is 3. The number of carbonyl (C=O) groups excluding carboxylic acids is 3. The Morgan fingerprint density at radius 3 is 2.14 bits per heavy atom. The summed E-state index contributed by atoms with van der Waals surface area (Å²) in [4.78, 5) is 36.7. The summed E-state index contributed by atoms with van der Waals surface area (Å²) in [6, 6.07) is 14.8. The fourth-order valence-electron chi connectivity index (χ4n) is 2.90. The molecule has 3 N–H and O–H groups in total. The number of nitrogens with one attached hydrogen (secondary N) is 3. The van der Waals surface area contributed by atoms with Crippen LogP contribution in [0.1, 0.15) is 26.3 Å². The molecule has 0 unspecified atom stereocenters. The number of halogens is 4. The molecule has 0 spiro atoms. The Morgan fingerprint density at radius 1 is 0.861 bits per heavy atom. The van der Waals surface area contributed by atoms with Crippen molar-refractivity contribution in [2.75, 3.05) is 19.0 Å². The van der Waals surface area contributed by atoms with E-state index in [1.807, 2.05) is 0 Å². The number of ether oxygens (including phenoxy) is 2. The first kappa shape index (κ1) is 26.5. The van der Waals surface area contributed by atoms with Crippen molar-refractivity contribution in [1.29, 1.82) is 0 Å². The van der Waals surface area contributed by atoms with Crippen LogP contribution in [0.3, 0.4) is 0 Å². The topological polar surface area (TPSA) is 106 Å². The molecule has 0 radical (unpaired) electrons. The van der Waals surface area contributed by atoms with Crippen LogP contribution < -0.4 is 25.6 Å². The highest BCUT2D eigenvalue weighted by molar-refractivity contribution is 9.10. The third-order valence-corrected chi connectivity index (χ3v) is 5.18. The molecular weight excluding hydrogens is 547 g/mol. The van der Waals surface area contributed by atoms with Crippen LogP contribution in [-0.2, 0) is 11.0 Å². The van der Waals surface area contributed by atoms with E-state index in [2.05, 4.69) is 32.1 Å². The molecule has 36 heavy (non-hydrogen) atoms. The predicted octanol–water partition coefficient (Wildman–Crippen LogP) is 4.57. The molecule has 0 heterocycles. The molecule has 0 fully saturated rings. The number of carbonyl (C=O) groups is 3. The fraction of sp³-hybridized carbons (Fsp3) is 0.125. The minimum absolute atomic E-state index is 0.0393. The van der Waals surface area contributed by atoms with Crippen molar-refractivity contribution in [1.82, 2.24) is 10.9 Å². The standard InChI is InChI=1S/C24H19BrF3N3O5/c1-35-20-11-15(23(34)31-30-22(33)14-5-8-17(25)9-6-14)7-10-19(20)36-13-21(32)29-18-4-2-3-16(12-18)24(26,27)28/h2-12H,13H2,1H3,(H,29,32)(H,30,33)(H,31,34). The number of anilines is 1. The van der Waals surface area contributed by atoms with Crippen LogP contribution in [0, 0.1) is 0 Å². The van der Waals surface area contributed by atoms with E-state index in [0.29, 0.717) is 5.56 Å². The lowest BCUT2D eigenvalue weighted by molar-refractivity contribution is -0.137. The Balaban J connectivity index is 1.57. The first-order valence-corrected chi connectivity index (χ1v) is 11.0. The second kappa shape index (κ2) is 11.6. The number of rotatable bonds is 7. The molecule has 0 atom stereocenters. The van der Waals surface area contributed by atoms with Crippen molar-refractivity contribution in [2.24, 2.45) is 0 Å². The van der Waals surface area contributed by atoms with Gasteiger partial charge in [-0.1, -0.05) is 22.0 Å². The maximum atomic E-state index is 12.8. The fourth-order valence-corrected chi connectivity index (χ4v) is 3.17. The summed E-state index contributed by atoms with van der Waals surface area (Å²) in [6.07, 6.45) is -4.54. The molecule has 3 rings (SSSR count). The zero-order valence-electron chi connectivity index (χ0n) is 18.6. The highest BCUT2D eigenvalue weighted by Gasteiger charge is 2.30. The van der Waals surface area contributed by atoms with Gasteiger partial charge in [-0.2, -0.15) is 13.2 Å². The number of benzene rings is 3. The lowest BCUT2D eigenvalue weighted by Gasteiger charge is -2.13. The third-order valence-electron chi connectivity index (χ3n) is 4.65. The quantitative estimate of drug-likeness (QED) is 0.364. The molecule has 0 aliphatic rings. The number of hydrazine groups is 1. The average molecular weight is 566 g/mol. The van der Waals surface area contributed by atoms with Gasteiger partial charge in [-0.15, -0.1) is 0 Å². The normalized spacial score (nSPS) is 10.8. The van der Waals surface area contributed by atoms with E-state index in [1.165, 1.54) is 37.4 Å². The van der Waals surface area contributed by atoms with Gasteiger partial charge in [-0.25, -0.2) is 0 Å². The van der Waals surface area contributed by atoms with Gasteiger partial charge >= 0.3 is 6.18 Å². The Labute approximate surface area is 211 Å². The highest BCUT2D eigenvalue weighted by Crippen LogP contribution is 2.31. The van der Waals surface area contributed by atoms with Crippen LogP contribution in [0.15, 0.2) is 71.2 Å². The first-order valence-electron chi connectivity index (χ1n) is 10.2. The predicted molar refractivity (Wildman–Crippen MR) is 128 cm³/mol. The van der Waals surface area contributed by atoms with Gasteiger partial charge in [-0.3, -0.25) is 25.2 Å². The molecule has 0 bridgehead atoms. The van der Waals surface area contributed by atoms with E-state index in [4.69, 9.17) is 9.47 Å². The molecule has 0 aliphatic heterocycles. The molecule has 0 saturated carbocycles. The molecule has 3 amide bonds. The summed E-state index contributed by atoms with van der Waals surface area (Å²) >= 11 is 3.27. The van der Waals surface area contributed by atoms with E-state index in [-0.39, 0.29) is 22.7 Å². The molecule has 8 nitrogen and oxygen atoms in total. The zero-order chi connectivity index (χ0) is 26.3.